The second-order valence-corrected chi connectivity index (χ2v) is 5.19. The average molecular weight is 263 g/mol. The van der Waals surface area contributed by atoms with Crippen LogP contribution in [0.5, 0.6) is 0 Å². The summed E-state index contributed by atoms with van der Waals surface area (Å²) in [6.07, 6.45) is 0.949. The third-order valence-electron chi connectivity index (χ3n) is 3.04. The molecule has 19 heavy (non-hydrogen) atoms. The zero-order chi connectivity index (χ0) is 14.4. The summed E-state index contributed by atoms with van der Waals surface area (Å²) < 4.78 is 0. The van der Waals surface area contributed by atoms with E-state index in [9.17, 15) is 4.79 Å². The van der Waals surface area contributed by atoms with E-state index in [0.717, 1.165) is 31.6 Å². The molecule has 0 saturated heterocycles. The fourth-order valence-corrected chi connectivity index (χ4v) is 1.95. The van der Waals surface area contributed by atoms with Crippen LogP contribution in [0.2, 0.25) is 0 Å². The van der Waals surface area contributed by atoms with Gasteiger partial charge in [-0.3, -0.25) is 4.79 Å². The van der Waals surface area contributed by atoms with Crippen molar-refractivity contribution in [3.05, 3.63) is 29.3 Å². The maximum atomic E-state index is 12.5. The average Bonchev–Trinajstić information content (AvgIpc) is 2.33. The standard InChI is InChI=1S/C15H25N3O/c1-5-8-18(10-9-17(3)4)15(19)13-7-6-12(2)11-14(13)16/h6-7,11H,5,8-10,16H2,1-4H3. The number of nitrogen functional groups attached to an aromatic ring is 1. The SMILES string of the molecule is CCCN(CCN(C)C)C(=O)c1ccc(C)cc1N. The van der Waals surface area contributed by atoms with Gasteiger partial charge in [0.1, 0.15) is 0 Å². The molecule has 0 bridgehead atoms. The van der Waals surface area contributed by atoms with Gasteiger partial charge >= 0.3 is 0 Å². The van der Waals surface area contributed by atoms with Crippen molar-refractivity contribution in [3.8, 4) is 0 Å². The third-order valence-corrected chi connectivity index (χ3v) is 3.04. The zero-order valence-corrected chi connectivity index (χ0v) is 12.4. The van der Waals surface area contributed by atoms with Gasteiger partial charge in [0, 0.05) is 25.3 Å². The van der Waals surface area contributed by atoms with Crippen LogP contribution in [0.3, 0.4) is 0 Å². The summed E-state index contributed by atoms with van der Waals surface area (Å²) >= 11 is 0. The molecule has 0 heterocycles. The first kappa shape index (κ1) is 15.5. The van der Waals surface area contributed by atoms with E-state index in [2.05, 4.69) is 11.8 Å². The molecular formula is C15H25N3O. The van der Waals surface area contributed by atoms with Crippen molar-refractivity contribution in [1.82, 2.24) is 9.80 Å². The Kier molecular flexibility index (Phi) is 5.83. The lowest BCUT2D eigenvalue weighted by atomic mass is 10.1. The molecule has 106 valence electrons. The van der Waals surface area contributed by atoms with Gasteiger partial charge < -0.3 is 15.5 Å². The largest absolute Gasteiger partial charge is 0.398 e. The molecule has 0 saturated carbocycles. The highest BCUT2D eigenvalue weighted by molar-refractivity contribution is 5.99. The number of rotatable bonds is 6. The Morgan fingerprint density at radius 2 is 1.89 bits per heavy atom. The molecule has 0 aromatic heterocycles. The Morgan fingerprint density at radius 3 is 2.42 bits per heavy atom. The minimum Gasteiger partial charge on any atom is -0.398 e. The van der Waals surface area contributed by atoms with Crippen LogP contribution < -0.4 is 5.73 Å². The van der Waals surface area contributed by atoms with Gasteiger partial charge in [-0.1, -0.05) is 13.0 Å². The topological polar surface area (TPSA) is 49.6 Å². The van der Waals surface area contributed by atoms with Gasteiger partial charge in [0.05, 0.1) is 5.56 Å². The van der Waals surface area contributed by atoms with Crippen molar-refractivity contribution in [3.63, 3.8) is 0 Å². The van der Waals surface area contributed by atoms with Crippen LogP contribution >= 0.6 is 0 Å². The van der Waals surface area contributed by atoms with Gasteiger partial charge in [-0.25, -0.2) is 0 Å². The summed E-state index contributed by atoms with van der Waals surface area (Å²) in [7, 11) is 4.02. The molecular weight excluding hydrogens is 238 g/mol. The first-order valence-electron chi connectivity index (χ1n) is 6.75. The van der Waals surface area contributed by atoms with E-state index in [1.165, 1.54) is 0 Å². The fraction of sp³-hybridized carbons (Fsp3) is 0.533. The maximum absolute atomic E-state index is 12.5. The molecule has 0 unspecified atom stereocenters. The first-order valence-corrected chi connectivity index (χ1v) is 6.75. The van der Waals surface area contributed by atoms with Gasteiger partial charge in [0.25, 0.3) is 5.91 Å². The van der Waals surface area contributed by atoms with Crippen LogP contribution in [0.25, 0.3) is 0 Å². The lowest BCUT2D eigenvalue weighted by molar-refractivity contribution is 0.0746. The number of hydrogen-bond acceptors (Lipinski definition) is 3. The number of nitrogens with zero attached hydrogens (tertiary/aromatic N) is 2. The predicted octanol–water partition coefficient (Wildman–Crippen LogP) is 1.99. The van der Waals surface area contributed by atoms with Crippen molar-refractivity contribution < 1.29 is 4.79 Å². The summed E-state index contributed by atoms with van der Waals surface area (Å²) in [6.45, 7) is 6.40. The highest BCUT2D eigenvalue weighted by atomic mass is 16.2. The van der Waals surface area contributed by atoms with Crippen LogP contribution in [-0.4, -0.2) is 49.4 Å². The molecule has 0 aliphatic heterocycles. The summed E-state index contributed by atoms with van der Waals surface area (Å²) in [5.41, 5.74) is 8.20. The molecule has 0 atom stereocenters. The molecule has 0 aliphatic carbocycles. The second kappa shape index (κ2) is 7.14. The second-order valence-electron chi connectivity index (χ2n) is 5.19. The number of carbonyl (C=O) groups is 1. The van der Waals surface area contributed by atoms with Gasteiger partial charge in [-0.2, -0.15) is 0 Å². The quantitative estimate of drug-likeness (QED) is 0.799. The lowest BCUT2D eigenvalue weighted by Gasteiger charge is -2.24. The van der Waals surface area contributed by atoms with Crippen molar-refractivity contribution in [2.75, 3.05) is 39.5 Å². The lowest BCUT2D eigenvalue weighted by Crippen LogP contribution is -2.37. The summed E-state index contributed by atoms with van der Waals surface area (Å²) in [5.74, 6) is 0.0289. The van der Waals surface area contributed by atoms with Crippen molar-refractivity contribution in [2.45, 2.75) is 20.3 Å². The number of anilines is 1. The van der Waals surface area contributed by atoms with E-state index in [0.29, 0.717) is 11.3 Å². The number of nitrogens with two attached hydrogens (primary N) is 1. The van der Waals surface area contributed by atoms with E-state index < -0.39 is 0 Å². The number of amides is 1. The summed E-state index contributed by atoms with van der Waals surface area (Å²) in [5, 5.41) is 0. The Hall–Kier alpha value is -1.55. The highest BCUT2D eigenvalue weighted by Crippen LogP contribution is 2.16. The molecule has 0 aliphatic rings. The van der Waals surface area contributed by atoms with E-state index in [4.69, 9.17) is 5.73 Å². The summed E-state index contributed by atoms with van der Waals surface area (Å²) in [4.78, 5) is 16.5. The first-order chi connectivity index (χ1) is 8.95. The van der Waals surface area contributed by atoms with Gasteiger partial charge in [-0.15, -0.1) is 0 Å². The molecule has 0 spiro atoms. The van der Waals surface area contributed by atoms with Crippen LogP contribution in [0.4, 0.5) is 5.69 Å². The molecule has 0 fully saturated rings. The van der Waals surface area contributed by atoms with Gasteiger partial charge in [0.2, 0.25) is 0 Å². The molecule has 0 radical (unpaired) electrons. The molecule has 4 nitrogen and oxygen atoms in total. The van der Waals surface area contributed by atoms with Crippen molar-refractivity contribution in [1.29, 1.82) is 0 Å². The fourth-order valence-electron chi connectivity index (χ4n) is 1.95. The maximum Gasteiger partial charge on any atom is 0.255 e. The Balaban J connectivity index is 2.85. The molecule has 4 heteroatoms. The number of likely N-dealkylation sites (N-methyl/N-ethyl adjacent to an activating group) is 1. The number of benzene rings is 1. The van der Waals surface area contributed by atoms with Crippen LogP contribution in [0, 0.1) is 6.92 Å². The van der Waals surface area contributed by atoms with Crippen LogP contribution in [0.1, 0.15) is 29.3 Å². The van der Waals surface area contributed by atoms with Crippen LogP contribution in [-0.2, 0) is 0 Å². The van der Waals surface area contributed by atoms with E-state index in [-0.39, 0.29) is 5.91 Å². The number of carbonyl (C=O) groups excluding carboxylic acids is 1. The predicted molar refractivity (Wildman–Crippen MR) is 80.3 cm³/mol. The van der Waals surface area contributed by atoms with Gasteiger partial charge in [-0.05, 0) is 45.1 Å². The smallest absolute Gasteiger partial charge is 0.255 e. The molecule has 1 amide bonds. The number of aryl methyl sites for hydroxylation is 1. The number of hydrogen-bond donors (Lipinski definition) is 1. The molecule has 1 aromatic rings. The van der Waals surface area contributed by atoms with Crippen LogP contribution in [0.15, 0.2) is 18.2 Å². The Morgan fingerprint density at radius 1 is 1.21 bits per heavy atom. The van der Waals surface area contributed by atoms with Crippen molar-refractivity contribution in [2.24, 2.45) is 0 Å². The van der Waals surface area contributed by atoms with Crippen molar-refractivity contribution >= 4 is 11.6 Å². The molecule has 1 rings (SSSR count). The van der Waals surface area contributed by atoms with E-state index in [1.807, 2.05) is 44.1 Å². The summed E-state index contributed by atoms with van der Waals surface area (Å²) in [6, 6.07) is 5.61. The van der Waals surface area contributed by atoms with Gasteiger partial charge in [0.15, 0.2) is 0 Å². The Bertz CT molecular complexity index is 429. The Labute approximate surface area is 116 Å². The third kappa shape index (κ3) is 4.56. The minimum atomic E-state index is 0.0289. The van der Waals surface area contributed by atoms with E-state index >= 15 is 0 Å². The molecule has 2 N–H and O–H groups in total. The highest BCUT2D eigenvalue weighted by Gasteiger charge is 2.17. The molecule has 1 aromatic carbocycles. The van der Waals surface area contributed by atoms with E-state index in [1.54, 1.807) is 0 Å². The zero-order valence-electron chi connectivity index (χ0n) is 12.4. The normalized spacial score (nSPS) is 10.8. The monoisotopic (exact) mass is 263 g/mol. The minimum absolute atomic E-state index is 0.0289.